The van der Waals surface area contributed by atoms with Gasteiger partial charge >= 0.3 is 0 Å². The van der Waals surface area contributed by atoms with Crippen LogP contribution in [0.4, 0.5) is 0 Å². The summed E-state index contributed by atoms with van der Waals surface area (Å²) in [5, 5.41) is 4.57. The van der Waals surface area contributed by atoms with E-state index in [1.165, 1.54) is 6.42 Å². The number of hydrogen-bond acceptors (Lipinski definition) is 5. The van der Waals surface area contributed by atoms with Gasteiger partial charge in [-0.15, -0.1) is 5.10 Å². The summed E-state index contributed by atoms with van der Waals surface area (Å²) in [7, 11) is 0. The molecule has 0 spiro atoms. The molecule has 0 bridgehead atoms. The highest BCUT2D eigenvalue weighted by atomic mass is 16.1. The van der Waals surface area contributed by atoms with E-state index in [9.17, 15) is 4.79 Å². The van der Waals surface area contributed by atoms with Crippen LogP contribution in [0.2, 0.25) is 0 Å². The minimum absolute atomic E-state index is 0.175. The SMILES string of the molecule is CCc1nc(C2CCC2)n2nc(-c3cnccn3)[nH]c(=O)c12. The average molecular weight is 296 g/mol. The molecule has 0 atom stereocenters. The maximum Gasteiger partial charge on any atom is 0.277 e. The van der Waals surface area contributed by atoms with Gasteiger partial charge in [-0.25, -0.2) is 14.5 Å². The molecule has 7 heteroatoms. The van der Waals surface area contributed by atoms with Gasteiger partial charge in [0.1, 0.15) is 11.5 Å². The third-order valence-corrected chi connectivity index (χ3v) is 4.21. The first-order valence-electron chi connectivity index (χ1n) is 7.56. The van der Waals surface area contributed by atoms with E-state index in [2.05, 4.69) is 25.0 Å². The van der Waals surface area contributed by atoms with Gasteiger partial charge in [-0.1, -0.05) is 13.3 Å². The van der Waals surface area contributed by atoms with Gasteiger partial charge in [-0.2, -0.15) is 0 Å². The lowest BCUT2D eigenvalue weighted by atomic mass is 9.85. The average Bonchev–Trinajstić information content (AvgIpc) is 2.86. The highest BCUT2D eigenvalue weighted by molar-refractivity contribution is 5.54. The van der Waals surface area contributed by atoms with Crippen molar-refractivity contribution in [2.45, 2.75) is 38.5 Å². The van der Waals surface area contributed by atoms with E-state index in [0.717, 1.165) is 24.4 Å². The molecule has 3 heterocycles. The predicted molar refractivity (Wildman–Crippen MR) is 80.6 cm³/mol. The van der Waals surface area contributed by atoms with Gasteiger partial charge in [0.15, 0.2) is 11.3 Å². The Morgan fingerprint density at radius 3 is 2.86 bits per heavy atom. The number of aromatic nitrogens is 6. The fourth-order valence-electron chi connectivity index (χ4n) is 2.81. The largest absolute Gasteiger partial charge is 0.302 e. The minimum atomic E-state index is -0.175. The minimum Gasteiger partial charge on any atom is -0.302 e. The number of fused-ring (bicyclic) bond motifs is 1. The molecule has 0 radical (unpaired) electrons. The van der Waals surface area contributed by atoms with Gasteiger partial charge in [0.25, 0.3) is 5.56 Å². The number of nitrogens with one attached hydrogen (secondary N) is 1. The van der Waals surface area contributed by atoms with Gasteiger partial charge in [0, 0.05) is 18.3 Å². The van der Waals surface area contributed by atoms with Crippen molar-refractivity contribution in [1.29, 1.82) is 0 Å². The van der Waals surface area contributed by atoms with E-state index in [1.807, 2.05) is 6.92 Å². The van der Waals surface area contributed by atoms with Gasteiger partial charge in [0.05, 0.1) is 11.9 Å². The number of imidazole rings is 1. The topological polar surface area (TPSA) is 88.8 Å². The second-order valence-corrected chi connectivity index (χ2v) is 5.55. The molecule has 1 N–H and O–H groups in total. The van der Waals surface area contributed by atoms with E-state index in [0.29, 0.717) is 29.4 Å². The van der Waals surface area contributed by atoms with Crippen molar-refractivity contribution in [3.63, 3.8) is 0 Å². The molecule has 1 aliphatic carbocycles. The summed E-state index contributed by atoms with van der Waals surface area (Å²) in [5.41, 5.74) is 1.73. The van der Waals surface area contributed by atoms with E-state index >= 15 is 0 Å². The van der Waals surface area contributed by atoms with Crippen molar-refractivity contribution in [3.05, 3.63) is 40.5 Å². The van der Waals surface area contributed by atoms with Crippen molar-refractivity contribution in [3.8, 4) is 11.5 Å². The quantitative estimate of drug-likeness (QED) is 0.794. The molecule has 0 saturated heterocycles. The van der Waals surface area contributed by atoms with Crippen LogP contribution in [-0.2, 0) is 6.42 Å². The predicted octanol–water partition coefficient (Wildman–Crippen LogP) is 1.70. The molecule has 22 heavy (non-hydrogen) atoms. The first-order valence-corrected chi connectivity index (χ1v) is 7.56. The molecule has 0 unspecified atom stereocenters. The van der Waals surface area contributed by atoms with E-state index in [4.69, 9.17) is 0 Å². The zero-order chi connectivity index (χ0) is 15.1. The molecule has 1 saturated carbocycles. The second kappa shape index (κ2) is 5.01. The van der Waals surface area contributed by atoms with Crippen LogP contribution < -0.4 is 5.56 Å². The molecular formula is C15H16N6O. The van der Waals surface area contributed by atoms with Crippen molar-refractivity contribution < 1.29 is 0 Å². The number of rotatable bonds is 3. The zero-order valence-electron chi connectivity index (χ0n) is 12.3. The molecule has 0 aromatic carbocycles. The second-order valence-electron chi connectivity index (χ2n) is 5.55. The summed E-state index contributed by atoms with van der Waals surface area (Å²) in [5.74, 6) is 1.72. The molecule has 7 nitrogen and oxygen atoms in total. The highest BCUT2D eigenvalue weighted by Gasteiger charge is 2.27. The molecule has 3 aromatic heterocycles. The van der Waals surface area contributed by atoms with Crippen LogP contribution in [0, 0.1) is 0 Å². The lowest BCUT2D eigenvalue weighted by molar-refractivity contribution is 0.395. The summed E-state index contributed by atoms with van der Waals surface area (Å²) in [4.78, 5) is 28.2. The zero-order valence-corrected chi connectivity index (χ0v) is 12.3. The maximum absolute atomic E-state index is 12.5. The Kier molecular flexibility index (Phi) is 2.99. The summed E-state index contributed by atoms with van der Waals surface area (Å²) in [6.45, 7) is 2.00. The first-order chi connectivity index (χ1) is 10.8. The Morgan fingerprint density at radius 2 is 2.23 bits per heavy atom. The third-order valence-electron chi connectivity index (χ3n) is 4.21. The Labute approximate surface area is 126 Å². The van der Waals surface area contributed by atoms with Crippen molar-refractivity contribution in [1.82, 2.24) is 29.5 Å². The fourth-order valence-corrected chi connectivity index (χ4v) is 2.81. The Balaban J connectivity index is 1.98. The van der Waals surface area contributed by atoms with E-state index in [-0.39, 0.29) is 5.56 Å². The lowest BCUT2D eigenvalue weighted by Crippen LogP contribution is -2.19. The van der Waals surface area contributed by atoms with Gasteiger partial charge in [-0.3, -0.25) is 9.78 Å². The summed E-state index contributed by atoms with van der Waals surface area (Å²) in [6.07, 6.45) is 8.90. The van der Waals surface area contributed by atoms with Crippen molar-refractivity contribution >= 4 is 5.52 Å². The monoisotopic (exact) mass is 296 g/mol. The van der Waals surface area contributed by atoms with Crippen LogP contribution >= 0.6 is 0 Å². The fraction of sp³-hybridized carbons (Fsp3) is 0.400. The van der Waals surface area contributed by atoms with Crippen LogP contribution in [-0.4, -0.2) is 29.5 Å². The van der Waals surface area contributed by atoms with E-state index < -0.39 is 0 Å². The van der Waals surface area contributed by atoms with Crippen molar-refractivity contribution in [2.75, 3.05) is 0 Å². The van der Waals surface area contributed by atoms with Gasteiger partial charge in [-0.05, 0) is 19.3 Å². The molecule has 0 aliphatic heterocycles. The number of H-pyrrole nitrogens is 1. The van der Waals surface area contributed by atoms with Gasteiger partial charge in [0.2, 0.25) is 0 Å². The summed E-state index contributed by atoms with van der Waals surface area (Å²) < 4.78 is 1.71. The molecule has 112 valence electrons. The normalized spacial score (nSPS) is 15.1. The van der Waals surface area contributed by atoms with Gasteiger partial charge < -0.3 is 4.98 Å². The molecule has 3 aromatic rings. The van der Waals surface area contributed by atoms with E-state index in [1.54, 1.807) is 23.1 Å². The molecule has 0 amide bonds. The maximum atomic E-state index is 12.5. The Morgan fingerprint density at radius 1 is 1.36 bits per heavy atom. The molecule has 1 fully saturated rings. The molecule has 4 rings (SSSR count). The van der Waals surface area contributed by atoms with Crippen LogP contribution in [0.25, 0.3) is 17.0 Å². The highest BCUT2D eigenvalue weighted by Crippen LogP contribution is 2.36. The van der Waals surface area contributed by atoms with Crippen molar-refractivity contribution in [2.24, 2.45) is 0 Å². The Bertz CT molecular complexity index is 878. The van der Waals surface area contributed by atoms with Crippen LogP contribution in [0.1, 0.15) is 43.6 Å². The van der Waals surface area contributed by atoms with Crippen LogP contribution in [0.3, 0.4) is 0 Å². The number of aryl methyl sites for hydroxylation is 1. The standard InChI is InChI=1S/C15H16N6O/c1-2-10-12-15(22)19-13(11-8-16-6-7-17-11)20-21(12)14(18-10)9-4-3-5-9/h6-9H,2-5H2,1H3,(H,19,20,22). The van der Waals surface area contributed by atoms with Crippen LogP contribution in [0.5, 0.6) is 0 Å². The lowest BCUT2D eigenvalue weighted by Gasteiger charge is -2.23. The third kappa shape index (κ3) is 1.93. The number of hydrogen-bond donors (Lipinski definition) is 1. The summed E-state index contributed by atoms with van der Waals surface area (Å²) in [6, 6.07) is 0. The summed E-state index contributed by atoms with van der Waals surface area (Å²) >= 11 is 0. The Hall–Kier alpha value is -2.57. The molecular weight excluding hydrogens is 280 g/mol. The number of aromatic amines is 1. The number of nitrogens with zero attached hydrogens (tertiary/aromatic N) is 5. The first kappa shape index (κ1) is 13.1. The molecule has 1 aliphatic rings. The van der Waals surface area contributed by atoms with Crippen LogP contribution in [0.15, 0.2) is 23.4 Å². The smallest absolute Gasteiger partial charge is 0.277 e.